The largest absolute Gasteiger partial charge is 0.496 e. The molecule has 0 spiro atoms. The van der Waals surface area contributed by atoms with Crippen molar-refractivity contribution in [3.05, 3.63) is 46.7 Å². The molecule has 5 nitrogen and oxygen atoms in total. The van der Waals surface area contributed by atoms with E-state index in [1.54, 1.807) is 17.9 Å². The Morgan fingerprint density at radius 2 is 2.22 bits per heavy atom. The van der Waals surface area contributed by atoms with Crippen molar-refractivity contribution in [1.29, 1.82) is 0 Å². The molecule has 1 heterocycles. The van der Waals surface area contributed by atoms with Crippen LogP contribution in [0.25, 0.3) is 0 Å². The van der Waals surface area contributed by atoms with E-state index in [2.05, 4.69) is 10.5 Å². The summed E-state index contributed by atoms with van der Waals surface area (Å²) in [4.78, 5) is 0. The molecule has 1 atom stereocenters. The first-order chi connectivity index (χ1) is 8.65. The number of nitrogens with zero attached hydrogens (tertiary/aromatic N) is 2. The average Bonchev–Trinajstić information content (AvgIpc) is 2.77. The maximum absolute atomic E-state index is 6.02. The number of hydrogen-bond acceptors (Lipinski definition) is 4. The predicted molar refractivity (Wildman–Crippen MR) is 70.4 cm³/mol. The molecule has 1 aromatic carbocycles. The Labute approximate surface area is 110 Å². The van der Waals surface area contributed by atoms with Crippen LogP contribution in [0.3, 0.4) is 0 Å². The topological polar surface area (TPSA) is 65.1 Å². The van der Waals surface area contributed by atoms with Gasteiger partial charge in [-0.3, -0.25) is 10.5 Å². The molecule has 0 aliphatic carbocycles. The molecule has 96 valence electrons. The van der Waals surface area contributed by atoms with Gasteiger partial charge in [0, 0.05) is 23.8 Å². The first kappa shape index (κ1) is 12.9. The van der Waals surface area contributed by atoms with Crippen molar-refractivity contribution < 1.29 is 4.74 Å². The van der Waals surface area contributed by atoms with Crippen molar-refractivity contribution >= 4 is 11.6 Å². The molecule has 6 heteroatoms. The van der Waals surface area contributed by atoms with Crippen LogP contribution in [0.5, 0.6) is 5.75 Å². The van der Waals surface area contributed by atoms with E-state index in [0.717, 1.165) is 11.3 Å². The summed E-state index contributed by atoms with van der Waals surface area (Å²) >= 11 is 6.02. The summed E-state index contributed by atoms with van der Waals surface area (Å²) in [6.07, 6.45) is 1.86. The third-order valence-electron chi connectivity index (χ3n) is 2.70. The minimum Gasteiger partial charge on any atom is -0.496 e. The minimum absolute atomic E-state index is 0.264. The Morgan fingerprint density at radius 3 is 2.78 bits per heavy atom. The molecule has 1 aromatic heterocycles. The number of benzene rings is 1. The summed E-state index contributed by atoms with van der Waals surface area (Å²) in [5.41, 5.74) is 4.39. The standard InChI is InChI=1S/C12H15ClN4O/c1-17-6-5-10(16-17)12(15-14)9-7-8(13)3-4-11(9)18-2/h3-7,12,15H,14H2,1-2H3. The van der Waals surface area contributed by atoms with Crippen LogP contribution in [0.15, 0.2) is 30.5 Å². The van der Waals surface area contributed by atoms with Crippen molar-refractivity contribution in [3.8, 4) is 5.75 Å². The third kappa shape index (κ3) is 2.48. The van der Waals surface area contributed by atoms with Crippen molar-refractivity contribution in [2.45, 2.75) is 6.04 Å². The Bertz CT molecular complexity index is 541. The van der Waals surface area contributed by atoms with Gasteiger partial charge < -0.3 is 4.74 Å². The molecule has 0 saturated heterocycles. The second kappa shape index (κ2) is 5.39. The van der Waals surface area contributed by atoms with Crippen LogP contribution in [-0.4, -0.2) is 16.9 Å². The molecular weight excluding hydrogens is 252 g/mol. The molecule has 0 saturated carbocycles. The first-order valence-electron chi connectivity index (χ1n) is 5.45. The lowest BCUT2D eigenvalue weighted by Crippen LogP contribution is -2.29. The Balaban J connectivity index is 2.47. The number of aromatic nitrogens is 2. The van der Waals surface area contributed by atoms with Crippen LogP contribution in [0.1, 0.15) is 17.3 Å². The number of ether oxygens (including phenoxy) is 1. The van der Waals surface area contributed by atoms with Crippen molar-refractivity contribution in [3.63, 3.8) is 0 Å². The predicted octanol–water partition coefficient (Wildman–Crippen LogP) is 1.63. The molecule has 0 bridgehead atoms. The lowest BCUT2D eigenvalue weighted by molar-refractivity contribution is 0.403. The number of hydrogen-bond donors (Lipinski definition) is 2. The van der Waals surface area contributed by atoms with Crippen LogP contribution < -0.4 is 16.0 Å². The monoisotopic (exact) mass is 266 g/mol. The van der Waals surface area contributed by atoms with Gasteiger partial charge in [-0.25, -0.2) is 5.43 Å². The van der Waals surface area contributed by atoms with E-state index in [-0.39, 0.29) is 6.04 Å². The second-order valence-electron chi connectivity index (χ2n) is 3.90. The van der Waals surface area contributed by atoms with Gasteiger partial charge in [-0.1, -0.05) is 11.6 Å². The molecule has 0 aliphatic heterocycles. The quantitative estimate of drug-likeness (QED) is 0.652. The fourth-order valence-corrected chi connectivity index (χ4v) is 2.03. The number of hydrazine groups is 1. The average molecular weight is 267 g/mol. The summed E-state index contributed by atoms with van der Waals surface area (Å²) < 4.78 is 7.04. The van der Waals surface area contributed by atoms with E-state index in [1.165, 1.54) is 0 Å². The highest BCUT2D eigenvalue weighted by Crippen LogP contribution is 2.31. The van der Waals surface area contributed by atoms with E-state index in [1.807, 2.05) is 31.4 Å². The zero-order valence-electron chi connectivity index (χ0n) is 10.2. The Hall–Kier alpha value is -1.56. The van der Waals surface area contributed by atoms with E-state index in [0.29, 0.717) is 10.8 Å². The SMILES string of the molecule is COc1ccc(Cl)cc1C(NN)c1ccn(C)n1. The fourth-order valence-electron chi connectivity index (χ4n) is 1.85. The van der Waals surface area contributed by atoms with Crippen LogP contribution >= 0.6 is 11.6 Å². The summed E-state index contributed by atoms with van der Waals surface area (Å²) in [5, 5.41) is 4.97. The van der Waals surface area contributed by atoms with E-state index in [9.17, 15) is 0 Å². The zero-order valence-corrected chi connectivity index (χ0v) is 11.0. The lowest BCUT2D eigenvalue weighted by atomic mass is 10.0. The minimum atomic E-state index is -0.264. The van der Waals surface area contributed by atoms with Gasteiger partial charge in [0.05, 0.1) is 18.8 Å². The summed E-state index contributed by atoms with van der Waals surface area (Å²) in [5.74, 6) is 6.34. The maximum atomic E-state index is 6.02. The van der Waals surface area contributed by atoms with Gasteiger partial charge in [-0.05, 0) is 24.3 Å². The highest BCUT2D eigenvalue weighted by molar-refractivity contribution is 6.30. The maximum Gasteiger partial charge on any atom is 0.124 e. The molecular formula is C12H15ClN4O. The lowest BCUT2D eigenvalue weighted by Gasteiger charge is -2.17. The van der Waals surface area contributed by atoms with E-state index >= 15 is 0 Å². The molecule has 0 aliphatic rings. The van der Waals surface area contributed by atoms with E-state index < -0.39 is 0 Å². The van der Waals surface area contributed by atoms with Gasteiger partial charge >= 0.3 is 0 Å². The molecule has 3 N–H and O–H groups in total. The summed E-state index contributed by atoms with van der Waals surface area (Å²) in [7, 11) is 3.46. The Morgan fingerprint density at radius 1 is 1.44 bits per heavy atom. The molecule has 0 amide bonds. The fraction of sp³-hybridized carbons (Fsp3) is 0.250. The number of halogens is 1. The normalized spacial score (nSPS) is 12.4. The number of nitrogens with two attached hydrogens (primary N) is 1. The van der Waals surface area contributed by atoms with Gasteiger partial charge in [0.15, 0.2) is 0 Å². The summed E-state index contributed by atoms with van der Waals surface area (Å²) in [6, 6.07) is 7.03. The molecule has 2 rings (SSSR count). The van der Waals surface area contributed by atoms with Crippen LogP contribution in [0.2, 0.25) is 5.02 Å². The molecule has 0 fully saturated rings. The smallest absolute Gasteiger partial charge is 0.124 e. The van der Waals surface area contributed by atoms with Crippen LogP contribution in [-0.2, 0) is 7.05 Å². The number of aryl methyl sites for hydroxylation is 1. The van der Waals surface area contributed by atoms with Crippen LogP contribution in [0, 0.1) is 0 Å². The number of methoxy groups -OCH3 is 1. The highest BCUT2D eigenvalue weighted by atomic mass is 35.5. The second-order valence-corrected chi connectivity index (χ2v) is 4.34. The van der Waals surface area contributed by atoms with Gasteiger partial charge in [0.2, 0.25) is 0 Å². The van der Waals surface area contributed by atoms with E-state index in [4.69, 9.17) is 22.2 Å². The van der Waals surface area contributed by atoms with Crippen molar-refractivity contribution in [2.75, 3.05) is 7.11 Å². The van der Waals surface area contributed by atoms with Gasteiger partial charge in [-0.2, -0.15) is 5.10 Å². The van der Waals surface area contributed by atoms with Crippen LogP contribution in [0.4, 0.5) is 0 Å². The van der Waals surface area contributed by atoms with Crippen molar-refractivity contribution in [1.82, 2.24) is 15.2 Å². The molecule has 1 unspecified atom stereocenters. The molecule has 18 heavy (non-hydrogen) atoms. The first-order valence-corrected chi connectivity index (χ1v) is 5.82. The van der Waals surface area contributed by atoms with Crippen molar-refractivity contribution in [2.24, 2.45) is 12.9 Å². The zero-order chi connectivity index (χ0) is 13.1. The summed E-state index contributed by atoms with van der Waals surface area (Å²) in [6.45, 7) is 0. The number of rotatable bonds is 4. The Kier molecular flexibility index (Phi) is 3.86. The van der Waals surface area contributed by atoms with Gasteiger partial charge in [0.25, 0.3) is 0 Å². The third-order valence-corrected chi connectivity index (χ3v) is 2.93. The highest BCUT2D eigenvalue weighted by Gasteiger charge is 2.19. The number of nitrogens with one attached hydrogen (secondary N) is 1. The molecule has 2 aromatic rings. The van der Waals surface area contributed by atoms with Gasteiger partial charge in [-0.15, -0.1) is 0 Å². The van der Waals surface area contributed by atoms with Gasteiger partial charge in [0.1, 0.15) is 5.75 Å². The molecule has 0 radical (unpaired) electrons.